The van der Waals surface area contributed by atoms with Crippen LogP contribution in [0.2, 0.25) is 30.7 Å². The van der Waals surface area contributed by atoms with E-state index in [1.165, 1.54) is 37.8 Å². The molecule has 0 aliphatic carbocycles. The summed E-state index contributed by atoms with van der Waals surface area (Å²) in [5.74, 6) is -1.80. The van der Waals surface area contributed by atoms with E-state index in [0.717, 1.165) is 39.9 Å². The number of para-hydroxylation sites is 3. The second-order valence-corrected chi connectivity index (χ2v) is 16.4. The molecule has 0 bridgehead atoms. The van der Waals surface area contributed by atoms with Gasteiger partial charge in [0.15, 0.2) is 0 Å². The molecular weight excluding hydrogens is 1070 g/mol. The van der Waals surface area contributed by atoms with E-state index < -0.39 is 17.5 Å². The zero-order valence-corrected chi connectivity index (χ0v) is 44.3. The summed E-state index contributed by atoms with van der Waals surface area (Å²) in [6, 6.07) is 29.4. The molecule has 0 radical (unpaired) electrons. The van der Waals surface area contributed by atoms with Gasteiger partial charge < -0.3 is 37.4 Å². The minimum atomic E-state index is -1.11. The molecule has 17 nitrogen and oxygen atoms in total. The summed E-state index contributed by atoms with van der Waals surface area (Å²) in [5.41, 5.74) is 14.0. The lowest BCUT2D eigenvalue weighted by atomic mass is 10.1. The first-order valence-electron chi connectivity index (χ1n) is 20.4. The van der Waals surface area contributed by atoms with Gasteiger partial charge in [-0.05, 0) is 79.9 Å². The minimum absolute atomic E-state index is 0.0453. The normalized spacial score (nSPS) is 9.56. The van der Waals surface area contributed by atoms with Gasteiger partial charge in [0.2, 0.25) is 0 Å². The Balaban J connectivity index is 0.000000314. The highest BCUT2D eigenvalue weighted by molar-refractivity contribution is 7.51. The maximum Gasteiger partial charge on any atom is 0.338 e. The van der Waals surface area contributed by atoms with Gasteiger partial charge in [-0.15, -0.1) is 0 Å². The van der Waals surface area contributed by atoms with Crippen molar-refractivity contribution in [3.05, 3.63) is 191 Å². The molecule has 0 aliphatic heterocycles. The topological polar surface area (TPSA) is 260 Å². The Labute approximate surface area is 448 Å². The van der Waals surface area contributed by atoms with E-state index in [4.69, 9.17) is 88.9 Å². The smallest absolute Gasteiger partial charge is 0.338 e. The number of anilines is 5. The number of amides is 3. The fourth-order valence-electron chi connectivity index (χ4n) is 5.28. The van der Waals surface area contributed by atoms with Gasteiger partial charge >= 0.3 is 17.5 Å². The van der Waals surface area contributed by atoms with Crippen LogP contribution in [0.25, 0.3) is 0 Å². The summed E-state index contributed by atoms with van der Waals surface area (Å²) in [4.78, 5) is 60.2. The molecule has 0 spiro atoms. The van der Waals surface area contributed by atoms with Crippen LogP contribution < -0.4 is 32.3 Å². The maximum atomic E-state index is 11.8. The number of aromatic carboxylic acids is 1. The van der Waals surface area contributed by atoms with E-state index in [1.54, 1.807) is 26.2 Å². The van der Waals surface area contributed by atoms with Crippen molar-refractivity contribution in [1.82, 2.24) is 35.9 Å². The van der Waals surface area contributed by atoms with Crippen LogP contribution in [-0.4, -0.2) is 78.3 Å². The molecule has 24 heteroatoms. The van der Waals surface area contributed by atoms with E-state index in [-0.39, 0.29) is 38.6 Å². The Morgan fingerprint density at radius 2 is 0.778 bits per heavy atom. The third-order valence-corrected chi connectivity index (χ3v) is 10.5. The number of carboxylic acids is 1. The van der Waals surface area contributed by atoms with Crippen molar-refractivity contribution in [3.63, 3.8) is 0 Å². The van der Waals surface area contributed by atoms with Crippen LogP contribution in [-0.2, 0) is 11.6 Å². The van der Waals surface area contributed by atoms with Gasteiger partial charge in [-0.25, -0.2) is 24.7 Å². The number of halogens is 6. The highest BCUT2D eigenvalue weighted by Crippen LogP contribution is 2.27. The molecule has 0 saturated carbocycles. The lowest BCUT2D eigenvalue weighted by molar-refractivity contribution is 0.0695. The van der Waals surface area contributed by atoms with Crippen LogP contribution in [0.5, 0.6) is 0 Å². The van der Waals surface area contributed by atoms with E-state index in [9.17, 15) is 19.2 Å². The van der Waals surface area contributed by atoms with E-state index in [1.807, 2.05) is 93.6 Å². The van der Waals surface area contributed by atoms with E-state index in [0.29, 0.717) is 43.4 Å². The van der Waals surface area contributed by atoms with Gasteiger partial charge in [0.25, 0.3) is 17.7 Å². The largest absolute Gasteiger partial charge is 0.478 e. The summed E-state index contributed by atoms with van der Waals surface area (Å²) in [6.07, 6.45) is 5.38. The molecule has 72 heavy (non-hydrogen) atoms. The SMILES string of the molecule is CNC(=O)c1cnc(Cl)cc1Cl.CNC(=O)c1cnc(Cl)cc1Nc1ccccc1C.CNC(=O)c1cnc(Cl)cc1Nc1ccccc1C.Cc1ccccc1N.O=C(O)c1cnc(Cl)cc1Cl.O=S=O. The number of hydrogen-bond donors (Lipinski definition) is 7. The summed E-state index contributed by atoms with van der Waals surface area (Å²) in [7, 11) is 4.68. The van der Waals surface area contributed by atoms with Gasteiger partial charge in [-0.2, -0.15) is 8.42 Å². The Hall–Kier alpha value is -6.90. The average Bonchev–Trinajstić information content (AvgIpc) is 3.34. The Morgan fingerprint density at radius 1 is 0.472 bits per heavy atom. The van der Waals surface area contributed by atoms with Crippen LogP contribution >= 0.6 is 69.6 Å². The number of carbonyl (C=O) groups excluding carboxylic acids is 3. The molecule has 0 atom stereocenters. The van der Waals surface area contributed by atoms with Crippen molar-refractivity contribution in [2.75, 3.05) is 37.5 Å². The van der Waals surface area contributed by atoms with Gasteiger partial charge in [-0.3, -0.25) is 14.4 Å². The number of pyridine rings is 4. The summed E-state index contributed by atoms with van der Waals surface area (Å²) in [6.45, 7) is 5.98. The predicted octanol–water partition coefficient (Wildman–Crippen LogP) is 11.0. The molecule has 378 valence electrons. The van der Waals surface area contributed by atoms with Crippen molar-refractivity contribution >= 4 is 133 Å². The van der Waals surface area contributed by atoms with Crippen molar-refractivity contribution in [1.29, 1.82) is 0 Å². The van der Waals surface area contributed by atoms with Gasteiger partial charge in [-0.1, -0.05) is 124 Å². The number of carbonyl (C=O) groups is 4. The van der Waals surface area contributed by atoms with Crippen molar-refractivity contribution in [2.45, 2.75) is 20.8 Å². The average molecular weight is 1120 g/mol. The molecule has 7 rings (SSSR count). The number of nitrogen functional groups attached to an aromatic ring is 1. The molecule has 7 aromatic rings. The zero-order chi connectivity index (χ0) is 53.9. The molecule has 0 fully saturated rings. The van der Waals surface area contributed by atoms with Crippen molar-refractivity contribution < 1.29 is 32.7 Å². The first kappa shape index (κ1) is 61.2. The predicted molar refractivity (Wildman–Crippen MR) is 288 cm³/mol. The van der Waals surface area contributed by atoms with Crippen molar-refractivity contribution in [3.8, 4) is 0 Å². The van der Waals surface area contributed by atoms with Crippen LogP contribution in [0.1, 0.15) is 58.1 Å². The number of benzene rings is 3. The lowest BCUT2D eigenvalue weighted by Crippen LogP contribution is -2.19. The summed E-state index contributed by atoms with van der Waals surface area (Å²) < 4.78 is 16.6. The third kappa shape index (κ3) is 20.8. The quantitative estimate of drug-likeness (QED) is 0.0552. The first-order valence-corrected chi connectivity index (χ1v) is 23.4. The number of nitrogens with zero attached hydrogens (tertiary/aromatic N) is 4. The third-order valence-electron chi connectivity index (χ3n) is 9.04. The summed E-state index contributed by atoms with van der Waals surface area (Å²) >= 11 is 33.2. The molecule has 4 aromatic heterocycles. The fourth-order valence-corrected chi connectivity index (χ4v) is 6.49. The zero-order valence-electron chi connectivity index (χ0n) is 39.0. The van der Waals surface area contributed by atoms with Gasteiger partial charge in [0, 0.05) is 63.0 Å². The number of aromatic nitrogens is 4. The number of nitrogens with one attached hydrogen (secondary N) is 5. The fraction of sp³-hybridized carbons (Fsp3) is 0.125. The molecule has 0 aliphatic rings. The molecule has 8 N–H and O–H groups in total. The molecular formula is C48H46Cl6N10O7S. The molecule has 4 heterocycles. The number of aryl methyl sites for hydroxylation is 3. The Kier molecular flexibility index (Phi) is 27.3. The standard InChI is InChI=1S/2C14H14ClN3O.C7H6Cl2N2O.C7H9N.C6H3Cl2NO2.O2S/c2*1-9-5-3-4-6-11(9)18-12-7-13(15)17-8-10(12)14(19)16-2;1-10-7(12)4-3-11-6(9)2-5(4)8;1-6-4-2-3-5-7(6)8;7-4-1-5(8)9-2-3(4)6(10)11;1-3-2/h2*3-8H,1-2H3,(H,16,19)(H,17,18);2-3H,1H3,(H,10,12);2-5H,8H2,1H3;1-2H,(H,10,11);. The Bertz CT molecular complexity index is 2880. The molecule has 0 unspecified atom stereocenters. The highest BCUT2D eigenvalue weighted by atomic mass is 35.5. The first-order chi connectivity index (χ1) is 34.2. The molecule has 0 saturated heterocycles. The highest BCUT2D eigenvalue weighted by Gasteiger charge is 2.14. The number of hydrogen-bond acceptors (Lipinski definition) is 13. The number of nitrogens with two attached hydrogens (primary N) is 1. The van der Waals surface area contributed by atoms with Gasteiger partial charge in [0.05, 0.1) is 43.7 Å². The second kappa shape index (κ2) is 32.1. The van der Waals surface area contributed by atoms with Crippen molar-refractivity contribution in [2.24, 2.45) is 0 Å². The minimum Gasteiger partial charge on any atom is -0.478 e. The van der Waals surface area contributed by atoms with E-state index in [2.05, 4.69) is 46.5 Å². The number of carboxylic acid groups (broad SMARTS) is 1. The van der Waals surface area contributed by atoms with E-state index >= 15 is 0 Å². The van der Waals surface area contributed by atoms with Crippen LogP contribution in [0.15, 0.2) is 122 Å². The monoisotopic (exact) mass is 1120 g/mol. The molecule has 3 amide bonds. The van der Waals surface area contributed by atoms with Crippen LogP contribution in [0.4, 0.5) is 28.4 Å². The Morgan fingerprint density at radius 3 is 1.08 bits per heavy atom. The van der Waals surface area contributed by atoms with Crippen LogP contribution in [0.3, 0.4) is 0 Å². The lowest BCUT2D eigenvalue weighted by Gasteiger charge is -2.13. The molecule has 3 aromatic carbocycles. The number of rotatable bonds is 8. The van der Waals surface area contributed by atoms with Gasteiger partial charge in [0.1, 0.15) is 20.6 Å². The van der Waals surface area contributed by atoms with Crippen LogP contribution in [0, 0.1) is 20.8 Å². The second-order valence-electron chi connectivity index (χ2n) is 13.9. The summed E-state index contributed by atoms with van der Waals surface area (Å²) in [5, 5.41) is 24.0. The maximum absolute atomic E-state index is 11.8.